The van der Waals surface area contributed by atoms with Gasteiger partial charge in [-0.3, -0.25) is 14.8 Å². The number of aryl methyl sites for hydroxylation is 1. The SMILES string of the molecule is Cc1ccccc1-c1cc(-c2ccncc2)ncc1C(=O)N(C)Cc1cc(C(F)(F)F)cc(C(F)(F)F)c1. The molecule has 0 saturated heterocycles. The van der Waals surface area contributed by atoms with Gasteiger partial charge >= 0.3 is 12.4 Å². The van der Waals surface area contributed by atoms with Crippen LogP contribution in [0.25, 0.3) is 22.4 Å². The van der Waals surface area contributed by atoms with Crippen LogP contribution in [0.5, 0.6) is 0 Å². The van der Waals surface area contributed by atoms with Gasteiger partial charge in [0.2, 0.25) is 0 Å². The predicted molar refractivity (Wildman–Crippen MR) is 130 cm³/mol. The number of amides is 1. The van der Waals surface area contributed by atoms with Crippen LogP contribution in [-0.4, -0.2) is 27.8 Å². The zero-order chi connectivity index (χ0) is 27.7. The van der Waals surface area contributed by atoms with Crippen molar-refractivity contribution in [3.8, 4) is 22.4 Å². The lowest BCUT2D eigenvalue weighted by molar-refractivity contribution is -0.143. The van der Waals surface area contributed by atoms with Crippen molar-refractivity contribution in [2.24, 2.45) is 0 Å². The highest BCUT2D eigenvalue weighted by molar-refractivity contribution is 6.01. The number of nitrogens with zero attached hydrogens (tertiary/aromatic N) is 3. The van der Waals surface area contributed by atoms with E-state index >= 15 is 0 Å². The van der Waals surface area contributed by atoms with Gasteiger partial charge in [0.1, 0.15) is 0 Å². The summed E-state index contributed by atoms with van der Waals surface area (Å²) in [6.45, 7) is 1.38. The maximum absolute atomic E-state index is 13.5. The van der Waals surface area contributed by atoms with Crippen molar-refractivity contribution in [3.63, 3.8) is 0 Å². The Kier molecular flexibility index (Phi) is 7.26. The molecule has 2 aromatic carbocycles. The molecule has 0 spiro atoms. The zero-order valence-electron chi connectivity index (χ0n) is 20.2. The molecule has 10 heteroatoms. The monoisotopic (exact) mass is 529 g/mol. The Hall–Kier alpha value is -4.21. The molecule has 4 rings (SSSR count). The number of pyridine rings is 2. The fourth-order valence-corrected chi connectivity index (χ4v) is 4.07. The van der Waals surface area contributed by atoms with Crippen molar-refractivity contribution in [2.45, 2.75) is 25.8 Å². The lowest BCUT2D eigenvalue weighted by Crippen LogP contribution is -2.27. The van der Waals surface area contributed by atoms with Crippen LogP contribution >= 0.6 is 0 Å². The number of carbonyl (C=O) groups excluding carboxylic acids is 1. The molecular formula is C28H21F6N3O. The van der Waals surface area contributed by atoms with Gasteiger partial charge in [-0.15, -0.1) is 0 Å². The molecule has 0 aliphatic carbocycles. The maximum Gasteiger partial charge on any atom is 0.416 e. The molecule has 0 fully saturated rings. The molecule has 2 heterocycles. The predicted octanol–water partition coefficient (Wildman–Crippen LogP) is 7.43. The van der Waals surface area contributed by atoms with Crippen molar-refractivity contribution in [2.75, 3.05) is 7.05 Å². The average Bonchev–Trinajstić information content (AvgIpc) is 2.87. The summed E-state index contributed by atoms with van der Waals surface area (Å²) in [6, 6.07) is 13.8. The van der Waals surface area contributed by atoms with Crippen LogP contribution in [0.4, 0.5) is 26.3 Å². The van der Waals surface area contributed by atoms with Gasteiger partial charge in [0, 0.05) is 37.7 Å². The highest BCUT2D eigenvalue weighted by Crippen LogP contribution is 2.37. The van der Waals surface area contributed by atoms with Crippen molar-refractivity contribution in [1.82, 2.24) is 14.9 Å². The lowest BCUT2D eigenvalue weighted by atomic mass is 9.95. The number of benzene rings is 2. The molecule has 0 radical (unpaired) electrons. The minimum absolute atomic E-state index is 0.0589. The number of halogens is 6. The molecule has 0 N–H and O–H groups in total. The largest absolute Gasteiger partial charge is 0.416 e. The third-order valence-electron chi connectivity index (χ3n) is 5.96. The Morgan fingerprint density at radius 3 is 2.03 bits per heavy atom. The second-order valence-corrected chi connectivity index (χ2v) is 8.74. The normalized spacial score (nSPS) is 11.9. The molecule has 4 nitrogen and oxygen atoms in total. The smallest absolute Gasteiger partial charge is 0.337 e. The molecule has 4 aromatic rings. The van der Waals surface area contributed by atoms with E-state index in [1.165, 1.54) is 13.2 Å². The van der Waals surface area contributed by atoms with Gasteiger partial charge in [-0.25, -0.2) is 0 Å². The summed E-state index contributed by atoms with van der Waals surface area (Å²) in [5.74, 6) is -0.608. The molecule has 196 valence electrons. The highest BCUT2D eigenvalue weighted by Gasteiger charge is 2.37. The summed E-state index contributed by atoms with van der Waals surface area (Å²) < 4.78 is 79.8. The first kappa shape index (κ1) is 26.8. The fraction of sp³-hybridized carbons (Fsp3) is 0.179. The topological polar surface area (TPSA) is 46.1 Å². The van der Waals surface area contributed by atoms with E-state index in [9.17, 15) is 31.1 Å². The van der Waals surface area contributed by atoms with E-state index in [2.05, 4.69) is 9.97 Å². The zero-order valence-corrected chi connectivity index (χ0v) is 20.2. The van der Waals surface area contributed by atoms with Crippen LogP contribution in [-0.2, 0) is 18.9 Å². The summed E-state index contributed by atoms with van der Waals surface area (Å²) >= 11 is 0. The number of rotatable bonds is 5. The third-order valence-corrected chi connectivity index (χ3v) is 5.96. The average molecular weight is 529 g/mol. The highest BCUT2D eigenvalue weighted by atomic mass is 19.4. The molecule has 0 aliphatic heterocycles. The van der Waals surface area contributed by atoms with Crippen LogP contribution in [0.15, 0.2) is 79.3 Å². The molecule has 1 amide bonds. The minimum atomic E-state index is -4.98. The number of alkyl halides is 6. The number of hydrogen-bond acceptors (Lipinski definition) is 3. The van der Waals surface area contributed by atoms with E-state index in [-0.39, 0.29) is 17.2 Å². The minimum Gasteiger partial charge on any atom is -0.337 e. The van der Waals surface area contributed by atoms with E-state index in [1.807, 2.05) is 25.1 Å². The quantitative estimate of drug-likeness (QED) is 0.253. The van der Waals surface area contributed by atoms with Crippen molar-refractivity contribution < 1.29 is 31.1 Å². The summed E-state index contributed by atoms with van der Waals surface area (Å²) in [4.78, 5) is 23.0. The second kappa shape index (κ2) is 10.3. The molecular weight excluding hydrogens is 508 g/mol. The van der Waals surface area contributed by atoms with Gasteiger partial charge in [0.15, 0.2) is 0 Å². The summed E-state index contributed by atoms with van der Waals surface area (Å²) in [5, 5.41) is 0. The molecule has 0 unspecified atom stereocenters. The molecule has 0 aliphatic rings. The first-order chi connectivity index (χ1) is 17.8. The number of hydrogen-bond donors (Lipinski definition) is 0. The molecule has 38 heavy (non-hydrogen) atoms. The Morgan fingerprint density at radius 1 is 0.842 bits per heavy atom. The molecule has 0 saturated carbocycles. The van der Waals surface area contributed by atoms with Gasteiger partial charge in [-0.05, 0) is 65.6 Å². The Bertz CT molecular complexity index is 1430. The van der Waals surface area contributed by atoms with E-state index in [0.29, 0.717) is 23.4 Å². The van der Waals surface area contributed by atoms with Crippen molar-refractivity contribution in [1.29, 1.82) is 0 Å². The van der Waals surface area contributed by atoms with Gasteiger partial charge < -0.3 is 4.90 Å². The standard InChI is InChI=1S/C28H21F6N3O/c1-17-5-3-4-6-22(17)23-14-25(19-7-9-35-10-8-19)36-15-24(23)26(38)37(2)16-18-11-20(27(29,30)31)13-21(12-18)28(32,33)34/h3-15H,16H2,1-2H3. The molecule has 2 aromatic heterocycles. The van der Waals surface area contributed by atoms with Gasteiger partial charge in [0.05, 0.1) is 22.4 Å². The summed E-state index contributed by atoms with van der Waals surface area (Å²) in [5.41, 5.74) is 0.429. The van der Waals surface area contributed by atoms with E-state index in [0.717, 1.165) is 21.6 Å². The number of aromatic nitrogens is 2. The van der Waals surface area contributed by atoms with Crippen molar-refractivity contribution in [3.05, 3.63) is 107 Å². The van der Waals surface area contributed by atoms with Crippen molar-refractivity contribution >= 4 is 5.91 Å². The molecule has 0 bridgehead atoms. The van der Waals surface area contributed by atoms with E-state index < -0.39 is 35.9 Å². The number of carbonyl (C=O) groups is 1. The third kappa shape index (κ3) is 5.85. The van der Waals surface area contributed by atoms with Crippen LogP contribution in [0.3, 0.4) is 0 Å². The Balaban J connectivity index is 1.75. The first-order valence-electron chi connectivity index (χ1n) is 11.3. The van der Waals surface area contributed by atoms with Crippen LogP contribution < -0.4 is 0 Å². The second-order valence-electron chi connectivity index (χ2n) is 8.74. The maximum atomic E-state index is 13.5. The summed E-state index contributed by atoms with van der Waals surface area (Å²) in [6.07, 6.45) is -5.40. The van der Waals surface area contributed by atoms with Crippen LogP contribution in [0, 0.1) is 6.92 Å². The van der Waals surface area contributed by atoms with Crippen LogP contribution in [0.2, 0.25) is 0 Å². The van der Waals surface area contributed by atoms with E-state index in [4.69, 9.17) is 0 Å². The van der Waals surface area contributed by atoms with Crippen LogP contribution in [0.1, 0.15) is 32.6 Å². The Morgan fingerprint density at radius 2 is 1.45 bits per heavy atom. The lowest BCUT2D eigenvalue weighted by Gasteiger charge is -2.21. The van der Waals surface area contributed by atoms with Gasteiger partial charge in [0.25, 0.3) is 5.91 Å². The molecule has 0 atom stereocenters. The summed E-state index contributed by atoms with van der Waals surface area (Å²) in [7, 11) is 1.31. The van der Waals surface area contributed by atoms with Gasteiger partial charge in [-0.1, -0.05) is 24.3 Å². The fourth-order valence-electron chi connectivity index (χ4n) is 4.07. The van der Waals surface area contributed by atoms with E-state index in [1.54, 1.807) is 36.7 Å². The first-order valence-corrected chi connectivity index (χ1v) is 11.3. The Labute approximate surface area is 214 Å². The van der Waals surface area contributed by atoms with Gasteiger partial charge in [-0.2, -0.15) is 26.3 Å².